The van der Waals surface area contributed by atoms with Crippen LogP contribution in [0, 0.1) is 0 Å². The van der Waals surface area contributed by atoms with Gasteiger partial charge in [-0.3, -0.25) is 4.90 Å². The highest BCUT2D eigenvalue weighted by Crippen LogP contribution is 2.30. The van der Waals surface area contributed by atoms with Crippen molar-refractivity contribution in [3.63, 3.8) is 0 Å². The lowest BCUT2D eigenvalue weighted by Gasteiger charge is -2.31. The summed E-state index contributed by atoms with van der Waals surface area (Å²) < 4.78 is 0. The van der Waals surface area contributed by atoms with Crippen LogP contribution in [0.1, 0.15) is 18.4 Å². The summed E-state index contributed by atoms with van der Waals surface area (Å²) in [5, 5.41) is 0.782. The number of hydrogen-bond donors (Lipinski definition) is 0. The van der Waals surface area contributed by atoms with Crippen LogP contribution in [0.4, 0.5) is 0 Å². The molecule has 0 bridgehead atoms. The molecule has 0 N–H and O–H groups in total. The maximum absolute atomic E-state index is 2.58. The van der Waals surface area contributed by atoms with E-state index in [2.05, 4.69) is 65.6 Å². The zero-order valence-electron chi connectivity index (χ0n) is 11.7. The third-order valence-electron chi connectivity index (χ3n) is 3.83. The van der Waals surface area contributed by atoms with Gasteiger partial charge in [-0.15, -0.1) is 11.8 Å². The van der Waals surface area contributed by atoms with Crippen LogP contribution in [0.5, 0.6) is 0 Å². The molecule has 0 aromatic heterocycles. The zero-order chi connectivity index (χ0) is 13.6. The van der Waals surface area contributed by atoms with Crippen molar-refractivity contribution in [2.45, 2.75) is 29.5 Å². The maximum atomic E-state index is 2.58. The van der Waals surface area contributed by atoms with Gasteiger partial charge in [0.2, 0.25) is 0 Å². The molecule has 20 heavy (non-hydrogen) atoms. The van der Waals surface area contributed by atoms with E-state index in [0.717, 1.165) is 11.8 Å². The molecule has 1 fully saturated rings. The van der Waals surface area contributed by atoms with Gasteiger partial charge < -0.3 is 0 Å². The first-order valence-electron chi connectivity index (χ1n) is 7.38. The Kier molecular flexibility index (Phi) is 4.77. The molecule has 1 heterocycles. The molecular formula is C18H21NS. The van der Waals surface area contributed by atoms with Crippen LogP contribution >= 0.6 is 11.8 Å². The monoisotopic (exact) mass is 283 g/mol. The average Bonchev–Trinajstić information content (AvgIpc) is 2.51. The Balaban J connectivity index is 1.47. The molecule has 0 radical (unpaired) electrons. The normalized spacial score (nSPS) is 17.2. The van der Waals surface area contributed by atoms with Gasteiger partial charge >= 0.3 is 0 Å². The number of likely N-dealkylation sites (tertiary alicyclic amines) is 1. The number of rotatable bonds is 4. The number of thioether (sulfide) groups is 1. The largest absolute Gasteiger partial charge is 0.299 e. The van der Waals surface area contributed by atoms with Crippen LogP contribution in [-0.2, 0) is 6.54 Å². The fourth-order valence-corrected chi connectivity index (χ4v) is 3.86. The Morgan fingerprint density at radius 2 is 1.45 bits per heavy atom. The molecule has 1 saturated heterocycles. The lowest BCUT2D eigenvalue weighted by Crippen LogP contribution is -2.34. The van der Waals surface area contributed by atoms with E-state index in [0.29, 0.717) is 0 Å². The summed E-state index contributed by atoms with van der Waals surface area (Å²) in [7, 11) is 0. The highest BCUT2D eigenvalue weighted by atomic mass is 32.2. The quantitative estimate of drug-likeness (QED) is 0.816. The lowest BCUT2D eigenvalue weighted by atomic mass is 10.1. The van der Waals surface area contributed by atoms with Crippen LogP contribution < -0.4 is 0 Å². The van der Waals surface area contributed by atoms with Gasteiger partial charge in [0.25, 0.3) is 0 Å². The third kappa shape index (κ3) is 3.87. The number of hydrogen-bond acceptors (Lipinski definition) is 2. The van der Waals surface area contributed by atoms with Crippen molar-refractivity contribution in [3.8, 4) is 0 Å². The molecule has 104 valence electrons. The minimum absolute atomic E-state index is 0.782. The number of nitrogens with zero attached hydrogens (tertiary/aromatic N) is 1. The van der Waals surface area contributed by atoms with Crippen LogP contribution in [0.2, 0.25) is 0 Å². The second-order valence-corrected chi connectivity index (χ2v) is 6.77. The van der Waals surface area contributed by atoms with Crippen molar-refractivity contribution in [3.05, 3.63) is 66.2 Å². The van der Waals surface area contributed by atoms with Gasteiger partial charge in [0.15, 0.2) is 0 Å². The second kappa shape index (κ2) is 6.96. The molecule has 0 amide bonds. The summed E-state index contributed by atoms with van der Waals surface area (Å²) >= 11 is 2.05. The molecule has 1 aliphatic heterocycles. The molecule has 0 aliphatic carbocycles. The molecule has 0 unspecified atom stereocenters. The van der Waals surface area contributed by atoms with Crippen LogP contribution in [0.25, 0.3) is 0 Å². The van der Waals surface area contributed by atoms with Crippen LogP contribution in [0.15, 0.2) is 65.6 Å². The highest BCUT2D eigenvalue weighted by molar-refractivity contribution is 8.00. The van der Waals surface area contributed by atoms with Gasteiger partial charge in [-0.1, -0.05) is 48.5 Å². The van der Waals surface area contributed by atoms with Gasteiger partial charge in [0.1, 0.15) is 0 Å². The molecule has 1 nitrogen and oxygen atoms in total. The topological polar surface area (TPSA) is 3.24 Å². The van der Waals surface area contributed by atoms with E-state index in [1.807, 2.05) is 11.8 Å². The van der Waals surface area contributed by atoms with Gasteiger partial charge in [0, 0.05) is 16.7 Å². The van der Waals surface area contributed by atoms with Crippen molar-refractivity contribution in [1.29, 1.82) is 0 Å². The van der Waals surface area contributed by atoms with Crippen molar-refractivity contribution in [2.24, 2.45) is 0 Å². The smallest absolute Gasteiger partial charge is 0.0233 e. The Morgan fingerprint density at radius 1 is 0.850 bits per heavy atom. The van der Waals surface area contributed by atoms with Gasteiger partial charge in [-0.05, 0) is 43.6 Å². The Labute approximate surface area is 126 Å². The third-order valence-corrected chi connectivity index (χ3v) is 5.18. The minimum atomic E-state index is 0.782. The average molecular weight is 283 g/mol. The van der Waals surface area contributed by atoms with Crippen LogP contribution in [0.3, 0.4) is 0 Å². The molecule has 0 spiro atoms. The summed E-state index contributed by atoms with van der Waals surface area (Å²) in [5.74, 6) is 0. The first-order valence-corrected chi connectivity index (χ1v) is 8.26. The summed E-state index contributed by atoms with van der Waals surface area (Å²) in [6.45, 7) is 3.54. The molecular weight excluding hydrogens is 262 g/mol. The van der Waals surface area contributed by atoms with E-state index in [9.17, 15) is 0 Å². The lowest BCUT2D eigenvalue weighted by molar-refractivity contribution is 0.225. The molecule has 2 aromatic rings. The Morgan fingerprint density at radius 3 is 2.10 bits per heavy atom. The molecule has 0 atom stereocenters. The fraction of sp³-hybridized carbons (Fsp3) is 0.333. The molecule has 2 aromatic carbocycles. The van der Waals surface area contributed by atoms with E-state index >= 15 is 0 Å². The van der Waals surface area contributed by atoms with Crippen molar-refractivity contribution in [1.82, 2.24) is 4.90 Å². The highest BCUT2D eigenvalue weighted by Gasteiger charge is 2.19. The van der Waals surface area contributed by atoms with Crippen molar-refractivity contribution in [2.75, 3.05) is 13.1 Å². The Bertz CT molecular complexity index is 454. The fourth-order valence-electron chi connectivity index (χ4n) is 2.72. The van der Waals surface area contributed by atoms with Crippen LogP contribution in [-0.4, -0.2) is 23.2 Å². The first-order chi connectivity index (χ1) is 9.90. The SMILES string of the molecule is c1ccc(CN2CCC(Sc3ccccc3)CC2)cc1. The summed E-state index contributed by atoms with van der Waals surface area (Å²) in [4.78, 5) is 3.99. The van der Waals surface area contributed by atoms with Gasteiger partial charge in [-0.2, -0.15) is 0 Å². The standard InChI is InChI=1S/C18H21NS/c1-3-7-16(8-4-1)15-19-13-11-18(12-14-19)20-17-9-5-2-6-10-17/h1-10,18H,11-15H2. The van der Waals surface area contributed by atoms with E-state index < -0.39 is 0 Å². The Hall–Kier alpha value is -1.25. The molecule has 1 aliphatic rings. The van der Waals surface area contributed by atoms with Crippen molar-refractivity contribution < 1.29 is 0 Å². The molecule has 2 heteroatoms. The van der Waals surface area contributed by atoms with E-state index in [-0.39, 0.29) is 0 Å². The number of piperidine rings is 1. The molecule has 0 saturated carbocycles. The summed E-state index contributed by atoms with van der Waals surface area (Å²) in [6, 6.07) is 21.6. The van der Waals surface area contributed by atoms with Crippen molar-refractivity contribution >= 4 is 11.8 Å². The predicted molar refractivity (Wildman–Crippen MR) is 87.0 cm³/mol. The summed E-state index contributed by atoms with van der Waals surface area (Å²) in [5.41, 5.74) is 1.43. The number of benzene rings is 2. The zero-order valence-corrected chi connectivity index (χ0v) is 12.6. The summed E-state index contributed by atoms with van der Waals surface area (Å²) in [6.07, 6.45) is 2.60. The first kappa shape index (κ1) is 13.7. The van der Waals surface area contributed by atoms with E-state index in [1.165, 1.54) is 36.4 Å². The predicted octanol–water partition coefficient (Wildman–Crippen LogP) is 4.44. The van der Waals surface area contributed by atoms with Gasteiger partial charge in [-0.25, -0.2) is 0 Å². The van der Waals surface area contributed by atoms with E-state index in [4.69, 9.17) is 0 Å². The van der Waals surface area contributed by atoms with Gasteiger partial charge in [0.05, 0.1) is 0 Å². The maximum Gasteiger partial charge on any atom is 0.0233 e. The molecule has 3 rings (SSSR count). The minimum Gasteiger partial charge on any atom is -0.299 e. The second-order valence-electron chi connectivity index (χ2n) is 5.39. The van der Waals surface area contributed by atoms with E-state index in [1.54, 1.807) is 0 Å².